The minimum Gasteiger partial charge on any atom is -0.312 e. The third-order valence-corrected chi connectivity index (χ3v) is 2.77. The maximum Gasteiger partial charge on any atom is 0.0885 e. The minimum absolute atomic E-state index is 0.384. The van der Waals surface area contributed by atoms with Gasteiger partial charge in [0, 0.05) is 6.20 Å². The van der Waals surface area contributed by atoms with Crippen molar-refractivity contribution in [2.24, 2.45) is 5.73 Å². The number of rotatable bonds is 5. The Morgan fingerprint density at radius 1 is 1.28 bits per heavy atom. The molecule has 2 aromatic rings. The van der Waals surface area contributed by atoms with E-state index in [4.69, 9.17) is 5.73 Å². The molecular formula is C15H17N3. The Balaban J connectivity index is 2.21. The third-order valence-electron chi connectivity index (χ3n) is 2.77. The van der Waals surface area contributed by atoms with Crippen molar-refractivity contribution in [3.63, 3.8) is 0 Å². The quantitative estimate of drug-likeness (QED) is 0.815. The molecule has 0 fully saturated rings. The van der Waals surface area contributed by atoms with Gasteiger partial charge in [0.05, 0.1) is 12.4 Å². The first kappa shape index (κ1) is 12.3. The van der Waals surface area contributed by atoms with Gasteiger partial charge in [-0.05, 0) is 29.7 Å². The maximum atomic E-state index is 5.61. The molecule has 0 unspecified atom stereocenters. The van der Waals surface area contributed by atoms with Crippen molar-refractivity contribution in [2.45, 2.75) is 13.1 Å². The Kier molecular flexibility index (Phi) is 4.10. The average Bonchev–Trinajstić information content (AvgIpc) is 2.86. The lowest BCUT2D eigenvalue weighted by Crippen LogP contribution is -2.10. The number of nitrogens with two attached hydrogens (primary N) is 1. The second-order valence-corrected chi connectivity index (χ2v) is 4.02. The molecule has 0 aliphatic heterocycles. The van der Waals surface area contributed by atoms with E-state index in [0.717, 1.165) is 17.7 Å². The van der Waals surface area contributed by atoms with E-state index >= 15 is 0 Å². The average molecular weight is 239 g/mol. The topological polar surface area (TPSA) is 43.8 Å². The Hall–Kier alpha value is -2.13. The lowest BCUT2D eigenvalue weighted by molar-refractivity contribution is 0.632. The molecule has 0 aliphatic rings. The normalized spacial score (nSPS) is 11.5. The van der Waals surface area contributed by atoms with Crippen LogP contribution in [0.25, 0.3) is 6.08 Å². The van der Waals surface area contributed by atoms with Gasteiger partial charge in [-0.15, -0.1) is 0 Å². The highest BCUT2D eigenvalue weighted by molar-refractivity contribution is 5.53. The van der Waals surface area contributed by atoms with E-state index in [1.54, 1.807) is 10.9 Å². The molecule has 0 spiro atoms. The van der Waals surface area contributed by atoms with E-state index in [-0.39, 0.29) is 0 Å². The smallest absolute Gasteiger partial charge is 0.0885 e. The molecule has 92 valence electrons. The molecular weight excluding hydrogens is 222 g/mol. The van der Waals surface area contributed by atoms with Crippen LogP contribution >= 0.6 is 0 Å². The first-order chi connectivity index (χ1) is 8.83. The first-order valence-corrected chi connectivity index (χ1v) is 5.92. The molecule has 2 N–H and O–H groups in total. The Morgan fingerprint density at radius 3 is 2.72 bits per heavy atom. The summed E-state index contributed by atoms with van der Waals surface area (Å²) < 4.78 is 1.76. The molecule has 18 heavy (non-hydrogen) atoms. The molecule has 3 heteroatoms. The van der Waals surface area contributed by atoms with E-state index < -0.39 is 0 Å². The number of hydrogen-bond acceptors (Lipinski definition) is 2. The lowest BCUT2D eigenvalue weighted by Gasteiger charge is -2.04. The summed E-state index contributed by atoms with van der Waals surface area (Å²) >= 11 is 0. The third kappa shape index (κ3) is 2.96. The summed E-state index contributed by atoms with van der Waals surface area (Å²) in [6.07, 6.45) is 6.56. The summed E-state index contributed by atoms with van der Waals surface area (Å²) in [7, 11) is 0. The molecule has 2 rings (SSSR count). The fourth-order valence-corrected chi connectivity index (χ4v) is 1.82. The van der Waals surface area contributed by atoms with Crippen LogP contribution in [0.5, 0.6) is 0 Å². The standard InChI is InChI=1S/C15H17N3/c1-2-13(10-14-6-4-3-5-7-14)11-15-8-9-17-18(15)12-16/h2-9,11H,1,10,12,16H2/b13-11+. The molecule has 3 nitrogen and oxygen atoms in total. The van der Waals surface area contributed by atoms with E-state index in [0.29, 0.717) is 6.67 Å². The molecule has 1 heterocycles. The molecule has 0 bridgehead atoms. The number of aromatic nitrogens is 2. The van der Waals surface area contributed by atoms with Crippen molar-refractivity contribution in [1.29, 1.82) is 0 Å². The molecule has 0 radical (unpaired) electrons. The molecule has 1 aromatic carbocycles. The summed E-state index contributed by atoms with van der Waals surface area (Å²) in [5, 5.41) is 4.14. The highest BCUT2D eigenvalue weighted by atomic mass is 15.3. The summed E-state index contributed by atoms with van der Waals surface area (Å²) in [6.45, 7) is 4.25. The molecule has 0 aliphatic carbocycles. The Bertz CT molecular complexity index is 538. The van der Waals surface area contributed by atoms with Crippen LogP contribution in [-0.4, -0.2) is 9.78 Å². The lowest BCUT2D eigenvalue weighted by atomic mass is 10.0. The van der Waals surface area contributed by atoms with Crippen LogP contribution < -0.4 is 5.73 Å². The Morgan fingerprint density at radius 2 is 2.06 bits per heavy atom. The van der Waals surface area contributed by atoms with Crippen LogP contribution in [0.2, 0.25) is 0 Å². The maximum absolute atomic E-state index is 5.61. The van der Waals surface area contributed by atoms with Crippen molar-refractivity contribution in [1.82, 2.24) is 9.78 Å². The van der Waals surface area contributed by atoms with Gasteiger partial charge in [0.15, 0.2) is 0 Å². The van der Waals surface area contributed by atoms with Crippen LogP contribution in [0, 0.1) is 0 Å². The number of hydrogen-bond donors (Lipinski definition) is 1. The molecule has 0 atom stereocenters. The van der Waals surface area contributed by atoms with Gasteiger partial charge in [0.25, 0.3) is 0 Å². The van der Waals surface area contributed by atoms with Crippen LogP contribution in [0.4, 0.5) is 0 Å². The largest absolute Gasteiger partial charge is 0.312 e. The minimum atomic E-state index is 0.384. The first-order valence-electron chi connectivity index (χ1n) is 5.92. The van der Waals surface area contributed by atoms with Gasteiger partial charge in [0.2, 0.25) is 0 Å². The zero-order chi connectivity index (χ0) is 12.8. The van der Waals surface area contributed by atoms with Gasteiger partial charge in [-0.2, -0.15) is 5.10 Å². The predicted octanol–water partition coefficient (Wildman–Crippen LogP) is 2.61. The van der Waals surface area contributed by atoms with Crippen LogP contribution in [-0.2, 0) is 13.1 Å². The van der Waals surface area contributed by atoms with Gasteiger partial charge in [-0.3, -0.25) is 4.68 Å². The highest BCUT2D eigenvalue weighted by Crippen LogP contribution is 2.13. The number of nitrogens with zero attached hydrogens (tertiary/aromatic N) is 2. The number of allylic oxidation sites excluding steroid dienone is 2. The van der Waals surface area contributed by atoms with E-state index in [1.807, 2.05) is 30.3 Å². The summed E-state index contributed by atoms with van der Waals surface area (Å²) in [6, 6.07) is 12.3. The van der Waals surface area contributed by atoms with E-state index in [2.05, 4.69) is 29.9 Å². The Labute approximate surface area is 107 Å². The van der Waals surface area contributed by atoms with Crippen LogP contribution in [0.15, 0.2) is 60.8 Å². The molecule has 0 saturated carbocycles. The fourth-order valence-electron chi connectivity index (χ4n) is 1.82. The zero-order valence-corrected chi connectivity index (χ0v) is 10.3. The highest BCUT2D eigenvalue weighted by Gasteiger charge is 2.00. The molecule has 0 amide bonds. The van der Waals surface area contributed by atoms with Gasteiger partial charge in [-0.25, -0.2) is 0 Å². The van der Waals surface area contributed by atoms with Gasteiger partial charge >= 0.3 is 0 Å². The zero-order valence-electron chi connectivity index (χ0n) is 10.3. The monoisotopic (exact) mass is 239 g/mol. The molecule has 0 saturated heterocycles. The van der Waals surface area contributed by atoms with Crippen LogP contribution in [0.1, 0.15) is 11.3 Å². The second kappa shape index (κ2) is 5.98. The van der Waals surface area contributed by atoms with Crippen molar-refractivity contribution in [3.8, 4) is 0 Å². The van der Waals surface area contributed by atoms with Crippen molar-refractivity contribution in [3.05, 3.63) is 72.1 Å². The van der Waals surface area contributed by atoms with E-state index in [9.17, 15) is 0 Å². The van der Waals surface area contributed by atoms with Gasteiger partial charge in [-0.1, -0.05) is 43.0 Å². The van der Waals surface area contributed by atoms with Gasteiger partial charge in [0.1, 0.15) is 0 Å². The van der Waals surface area contributed by atoms with Crippen LogP contribution in [0.3, 0.4) is 0 Å². The van der Waals surface area contributed by atoms with Crippen molar-refractivity contribution >= 4 is 6.08 Å². The second-order valence-electron chi connectivity index (χ2n) is 4.02. The summed E-state index contributed by atoms with van der Waals surface area (Å²) in [5.74, 6) is 0. The molecule has 1 aromatic heterocycles. The number of benzene rings is 1. The van der Waals surface area contributed by atoms with Crippen molar-refractivity contribution < 1.29 is 0 Å². The SMILES string of the molecule is C=C/C(=C\c1ccnn1CN)Cc1ccccc1. The van der Waals surface area contributed by atoms with E-state index in [1.165, 1.54) is 5.56 Å². The summed E-state index contributed by atoms with van der Waals surface area (Å²) in [5.41, 5.74) is 9.03. The summed E-state index contributed by atoms with van der Waals surface area (Å²) in [4.78, 5) is 0. The van der Waals surface area contributed by atoms with Gasteiger partial charge < -0.3 is 5.73 Å². The van der Waals surface area contributed by atoms with Crippen molar-refractivity contribution in [2.75, 3.05) is 0 Å². The fraction of sp³-hybridized carbons (Fsp3) is 0.133. The predicted molar refractivity (Wildman–Crippen MR) is 74.7 cm³/mol.